The van der Waals surface area contributed by atoms with Crippen molar-refractivity contribution in [3.63, 3.8) is 0 Å². The van der Waals surface area contributed by atoms with Crippen molar-refractivity contribution in [2.24, 2.45) is 0 Å². The van der Waals surface area contributed by atoms with Crippen LogP contribution < -0.4 is 21.2 Å². The second-order valence-electron chi connectivity index (χ2n) is 13.0. The van der Waals surface area contributed by atoms with Crippen molar-refractivity contribution in [2.75, 3.05) is 75.2 Å². The van der Waals surface area contributed by atoms with Crippen molar-refractivity contribution in [2.45, 2.75) is 38.6 Å². The van der Waals surface area contributed by atoms with E-state index in [1.165, 1.54) is 34.3 Å². The van der Waals surface area contributed by atoms with Crippen LogP contribution in [0.5, 0.6) is 0 Å². The minimum Gasteiger partial charge on any atom is -0.368 e. The highest BCUT2D eigenvalue weighted by molar-refractivity contribution is 6.35. The van der Waals surface area contributed by atoms with Crippen LogP contribution >= 0.6 is 23.2 Å². The molecule has 0 radical (unpaired) electrons. The highest BCUT2D eigenvalue weighted by atomic mass is 35.5. The average molecular weight is 782 g/mol. The molecule has 0 unspecified atom stereocenters. The number of aryl methyl sites for hydroxylation is 2. The Kier molecular flexibility index (Phi) is 7.33. The summed E-state index contributed by atoms with van der Waals surface area (Å²) in [6, 6.07) is 20.3. The van der Waals surface area contributed by atoms with Gasteiger partial charge < -0.3 is 9.80 Å². The molecule has 14 heteroatoms. The van der Waals surface area contributed by atoms with Gasteiger partial charge in [-0.05, 0) is 60.3 Å². The lowest BCUT2D eigenvalue weighted by Crippen LogP contribution is -2.47. The molecule has 0 amide bonds. The summed E-state index contributed by atoms with van der Waals surface area (Å²) in [5, 5.41) is 8.81. The van der Waals surface area contributed by atoms with E-state index < -0.39 is 50.1 Å². The van der Waals surface area contributed by atoms with Crippen LogP contribution in [0.4, 0.5) is 11.4 Å². The third kappa shape index (κ3) is 7.40. The highest BCUT2D eigenvalue weighted by Gasteiger charge is 2.25. The molecule has 0 bridgehead atoms. The predicted molar refractivity (Wildman–Crippen MR) is 216 cm³/mol. The van der Waals surface area contributed by atoms with Crippen LogP contribution in [0.3, 0.4) is 0 Å². The summed E-state index contributed by atoms with van der Waals surface area (Å²) in [6.45, 7) is -9.28. The third-order valence-corrected chi connectivity index (χ3v) is 10.6. The summed E-state index contributed by atoms with van der Waals surface area (Å²) in [5.74, 6) is -0.342. The molecule has 2 aromatic carbocycles. The molecule has 0 atom stereocenters. The SMILES string of the molecule is [2H]C([2H])(N1CCN(c2cccc(C(C)c3cccc(N4CCN(C([2H])([2H])C([2H])([2H])C([2H])([2H])n5nc6ccccn6c5=O)CC4)c3Cl)c2Cl)CC1)C([2H])([2H])C([2H])([2H])n1nc2ccccn2c1=O. The maximum Gasteiger partial charge on any atom is 0.350 e. The topological polar surface area (TPSA) is 91.6 Å². The molecule has 54 heavy (non-hydrogen) atoms. The summed E-state index contributed by atoms with van der Waals surface area (Å²) < 4.78 is 108. The number of anilines is 2. The Morgan fingerprint density at radius 3 is 1.43 bits per heavy atom. The second-order valence-corrected chi connectivity index (χ2v) is 13.7. The van der Waals surface area contributed by atoms with Crippen LogP contribution in [-0.4, -0.2) is 104 Å². The Bertz CT molecular complexity index is 2710. The summed E-state index contributed by atoms with van der Waals surface area (Å²) in [6.07, 6.45) is -3.73. The Labute approximate surface area is 341 Å². The van der Waals surface area contributed by atoms with Gasteiger partial charge in [0, 0.05) is 108 Å². The number of hydrogen-bond acceptors (Lipinski definition) is 8. The van der Waals surface area contributed by atoms with Gasteiger partial charge >= 0.3 is 11.4 Å². The van der Waals surface area contributed by atoms with Crippen molar-refractivity contribution >= 4 is 45.9 Å². The van der Waals surface area contributed by atoms with Gasteiger partial charge in [-0.1, -0.05) is 66.5 Å². The Hall–Kier alpha value is -4.62. The molecule has 8 rings (SSSR count). The normalized spacial score (nSPS) is 20.9. The van der Waals surface area contributed by atoms with E-state index in [1.807, 2.05) is 53.1 Å². The largest absolute Gasteiger partial charge is 0.368 e. The zero-order valence-corrected chi connectivity index (χ0v) is 30.9. The first-order chi connectivity index (χ1) is 30.9. The summed E-state index contributed by atoms with van der Waals surface area (Å²) in [7, 11) is 0. The molecule has 0 aliphatic carbocycles. The molecule has 12 nitrogen and oxygen atoms in total. The first-order valence-corrected chi connectivity index (χ1v) is 18.3. The van der Waals surface area contributed by atoms with Crippen molar-refractivity contribution in [1.82, 2.24) is 38.2 Å². The molecule has 2 aliphatic rings. The number of aromatic nitrogens is 6. The van der Waals surface area contributed by atoms with Gasteiger partial charge in [-0.2, -0.15) is 0 Å². The van der Waals surface area contributed by atoms with Crippen molar-refractivity contribution in [1.29, 1.82) is 0 Å². The molecule has 0 saturated carbocycles. The molecule has 282 valence electrons. The minimum absolute atomic E-state index is 0.000997. The van der Waals surface area contributed by atoms with Gasteiger partial charge in [0.05, 0.1) is 26.9 Å². The lowest BCUT2D eigenvalue weighted by Gasteiger charge is -2.37. The third-order valence-electron chi connectivity index (χ3n) is 9.80. The number of piperazine rings is 2. The predicted octanol–water partition coefficient (Wildman–Crippen LogP) is 5.19. The number of halogens is 2. The zero-order chi connectivity index (χ0) is 47.9. The number of nitrogens with zero attached hydrogens (tertiary/aromatic N) is 10. The molecule has 0 N–H and O–H groups in total. The highest BCUT2D eigenvalue weighted by Crippen LogP contribution is 2.41. The monoisotopic (exact) mass is 780 g/mol. The molecule has 2 saturated heterocycles. The summed E-state index contributed by atoms with van der Waals surface area (Å²) in [4.78, 5) is 32.4. The fourth-order valence-electron chi connectivity index (χ4n) is 6.83. The van der Waals surface area contributed by atoms with E-state index >= 15 is 0 Å². The summed E-state index contributed by atoms with van der Waals surface area (Å²) >= 11 is 14.3. The van der Waals surface area contributed by atoms with Gasteiger partial charge in [-0.15, -0.1) is 10.2 Å². The van der Waals surface area contributed by atoms with Crippen LogP contribution in [-0.2, 0) is 13.0 Å². The van der Waals surface area contributed by atoms with E-state index in [0.29, 0.717) is 30.8 Å². The van der Waals surface area contributed by atoms with E-state index in [1.54, 1.807) is 24.3 Å². The Morgan fingerprint density at radius 1 is 0.593 bits per heavy atom. The Morgan fingerprint density at radius 2 is 1.02 bits per heavy atom. The van der Waals surface area contributed by atoms with Gasteiger partial charge in [-0.3, -0.25) is 18.6 Å². The second kappa shape index (κ2) is 16.0. The molecule has 4 aromatic heterocycles. The van der Waals surface area contributed by atoms with Crippen LogP contribution in [0.15, 0.2) is 94.8 Å². The fraction of sp³-hybridized carbons (Fsp3) is 0.400. The lowest BCUT2D eigenvalue weighted by molar-refractivity contribution is 0.248. The molecular weight excluding hydrogens is 723 g/mol. The lowest BCUT2D eigenvalue weighted by atomic mass is 9.92. The van der Waals surface area contributed by atoms with Gasteiger partial charge in [0.2, 0.25) is 0 Å². The van der Waals surface area contributed by atoms with Gasteiger partial charge in [0.1, 0.15) is 0 Å². The quantitative estimate of drug-likeness (QED) is 0.168. The number of fused-ring (bicyclic) bond motifs is 2. The van der Waals surface area contributed by atoms with Crippen LogP contribution in [0.1, 0.15) is 53.2 Å². The average Bonchev–Trinajstić information content (AvgIpc) is 3.83. The molecular formula is C40H46Cl2N10O2. The van der Waals surface area contributed by atoms with Gasteiger partial charge in [0.15, 0.2) is 11.3 Å². The van der Waals surface area contributed by atoms with E-state index in [9.17, 15) is 9.59 Å². The van der Waals surface area contributed by atoms with E-state index in [0.717, 1.165) is 19.9 Å². The van der Waals surface area contributed by atoms with Crippen LogP contribution in [0, 0.1) is 0 Å². The minimum atomic E-state index is -3.24. The maximum absolute atomic E-state index is 13.0. The number of pyridine rings is 2. The number of hydrogen-bond donors (Lipinski definition) is 0. The van der Waals surface area contributed by atoms with Crippen LogP contribution in [0.25, 0.3) is 11.3 Å². The standard InChI is InChI=1S/C40H46Cl2N10O2/c1-30(31-10-6-12-33(37(31)41)47-26-22-45(23-27-47)16-8-20-51-39(53)49-18-4-2-14-35(49)43-51)32-11-7-13-34(38(32)42)48-28-24-46(25-29-48)17-9-21-52-40(54)50-19-5-3-15-36(50)44-52/h2-7,10-15,18-19,30H,8-9,16-17,20-29H2,1H3/i8D2,9D2,16D2,17D2,20D2,21D2. The van der Waals surface area contributed by atoms with E-state index in [4.69, 9.17) is 39.7 Å². The molecule has 6 heterocycles. The molecule has 2 fully saturated rings. The zero-order valence-electron chi connectivity index (χ0n) is 41.4. The number of rotatable bonds is 12. The number of benzene rings is 2. The maximum atomic E-state index is 13.0. The molecule has 0 spiro atoms. The Balaban J connectivity index is 0.945. The van der Waals surface area contributed by atoms with Crippen molar-refractivity contribution in [3.8, 4) is 0 Å². The van der Waals surface area contributed by atoms with Gasteiger partial charge in [0.25, 0.3) is 0 Å². The first-order valence-electron chi connectivity index (χ1n) is 23.6. The fourth-order valence-corrected chi connectivity index (χ4v) is 7.64. The smallest absolute Gasteiger partial charge is 0.350 e. The summed E-state index contributed by atoms with van der Waals surface area (Å²) in [5.41, 5.74) is 1.10. The molecule has 6 aromatic rings. The van der Waals surface area contributed by atoms with Crippen molar-refractivity contribution in [3.05, 3.63) is 127 Å². The van der Waals surface area contributed by atoms with Crippen molar-refractivity contribution < 1.29 is 16.4 Å². The van der Waals surface area contributed by atoms with E-state index in [-0.39, 0.29) is 69.6 Å². The van der Waals surface area contributed by atoms with Crippen LogP contribution in [0.2, 0.25) is 10.0 Å². The van der Waals surface area contributed by atoms with Gasteiger partial charge in [-0.25, -0.2) is 19.0 Å². The first kappa shape index (κ1) is 24.7. The molecule has 2 aliphatic heterocycles. The van der Waals surface area contributed by atoms with E-state index in [2.05, 4.69) is 10.2 Å².